The summed E-state index contributed by atoms with van der Waals surface area (Å²) in [4.78, 5) is 11.8. The van der Waals surface area contributed by atoms with Gasteiger partial charge < -0.3 is 14.2 Å². The molecule has 1 heterocycles. The van der Waals surface area contributed by atoms with Gasteiger partial charge in [-0.1, -0.05) is 6.92 Å². The molecule has 3 fully saturated rings. The highest BCUT2D eigenvalue weighted by atomic mass is 16.7. The van der Waals surface area contributed by atoms with Gasteiger partial charge in [0.25, 0.3) is 0 Å². The van der Waals surface area contributed by atoms with Crippen molar-refractivity contribution in [3.63, 3.8) is 0 Å². The van der Waals surface area contributed by atoms with Crippen molar-refractivity contribution in [1.82, 2.24) is 0 Å². The fraction of sp³-hybridized carbons (Fsp3) is 0.933. The molecule has 3 aliphatic rings. The molecule has 0 bridgehead atoms. The highest BCUT2D eigenvalue weighted by Gasteiger charge is 2.53. The first-order chi connectivity index (χ1) is 9.13. The maximum Gasteiger partial charge on any atom is 0.308 e. The Morgan fingerprint density at radius 1 is 1.26 bits per heavy atom. The van der Waals surface area contributed by atoms with Crippen LogP contribution < -0.4 is 0 Å². The van der Waals surface area contributed by atoms with Crippen molar-refractivity contribution in [3.8, 4) is 0 Å². The van der Waals surface area contributed by atoms with Gasteiger partial charge in [-0.05, 0) is 37.5 Å². The summed E-state index contributed by atoms with van der Waals surface area (Å²) in [5.74, 6) is 1.54. The Kier molecular flexibility index (Phi) is 3.56. The third-order valence-electron chi connectivity index (χ3n) is 5.20. The maximum absolute atomic E-state index is 11.8. The first-order valence-corrected chi connectivity index (χ1v) is 7.58. The van der Waals surface area contributed by atoms with E-state index in [1.165, 1.54) is 0 Å². The van der Waals surface area contributed by atoms with Crippen LogP contribution in [0.15, 0.2) is 0 Å². The van der Waals surface area contributed by atoms with Crippen molar-refractivity contribution >= 4 is 5.97 Å². The third kappa shape index (κ3) is 2.40. The van der Waals surface area contributed by atoms with Crippen molar-refractivity contribution < 1.29 is 19.0 Å². The minimum Gasteiger partial charge on any atom is -0.466 e. The summed E-state index contributed by atoms with van der Waals surface area (Å²) >= 11 is 0. The van der Waals surface area contributed by atoms with E-state index in [2.05, 4.69) is 0 Å². The maximum atomic E-state index is 11.8. The first-order valence-electron chi connectivity index (χ1n) is 7.58. The average Bonchev–Trinajstić information content (AvgIpc) is 3.04. The zero-order valence-corrected chi connectivity index (χ0v) is 11.9. The molecule has 1 spiro atoms. The van der Waals surface area contributed by atoms with Gasteiger partial charge in [0.2, 0.25) is 0 Å². The van der Waals surface area contributed by atoms with Crippen molar-refractivity contribution in [1.29, 1.82) is 0 Å². The second-order valence-corrected chi connectivity index (χ2v) is 6.31. The smallest absolute Gasteiger partial charge is 0.308 e. The van der Waals surface area contributed by atoms with E-state index >= 15 is 0 Å². The van der Waals surface area contributed by atoms with Crippen molar-refractivity contribution in [2.24, 2.45) is 23.7 Å². The molecular weight excluding hydrogens is 244 g/mol. The normalized spacial score (nSPS) is 37.5. The number of hydrogen-bond acceptors (Lipinski definition) is 4. The molecule has 4 atom stereocenters. The Hall–Kier alpha value is -0.610. The molecule has 0 amide bonds. The van der Waals surface area contributed by atoms with Gasteiger partial charge in [-0.15, -0.1) is 0 Å². The Labute approximate surface area is 114 Å². The summed E-state index contributed by atoms with van der Waals surface area (Å²) in [5.41, 5.74) is 0. The molecule has 4 nitrogen and oxygen atoms in total. The summed E-state index contributed by atoms with van der Waals surface area (Å²) < 4.78 is 16.8. The molecule has 4 heteroatoms. The molecule has 2 saturated carbocycles. The highest BCUT2D eigenvalue weighted by molar-refractivity contribution is 5.72. The first kappa shape index (κ1) is 13.4. The Balaban J connectivity index is 1.57. The molecule has 108 valence electrons. The van der Waals surface area contributed by atoms with E-state index in [-0.39, 0.29) is 17.7 Å². The van der Waals surface area contributed by atoms with Crippen molar-refractivity contribution in [2.75, 3.05) is 19.8 Å². The van der Waals surface area contributed by atoms with E-state index in [0.717, 1.165) is 38.9 Å². The van der Waals surface area contributed by atoms with Gasteiger partial charge in [0.1, 0.15) is 0 Å². The number of carbonyl (C=O) groups is 1. The molecule has 0 aromatic heterocycles. The van der Waals surface area contributed by atoms with Gasteiger partial charge in [0.05, 0.1) is 25.7 Å². The Morgan fingerprint density at radius 2 is 1.84 bits per heavy atom. The van der Waals surface area contributed by atoms with Crippen LogP contribution in [0.1, 0.15) is 39.5 Å². The second kappa shape index (κ2) is 5.06. The molecule has 0 N–H and O–H groups in total. The number of carbonyl (C=O) groups excluding carboxylic acids is 1. The molecular formula is C15H24O4. The Morgan fingerprint density at radius 3 is 2.37 bits per heavy atom. The summed E-state index contributed by atoms with van der Waals surface area (Å²) in [6.07, 6.45) is 4.28. The van der Waals surface area contributed by atoms with Crippen LogP contribution >= 0.6 is 0 Å². The van der Waals surface area contributed by atoms with Gasteiger partial charge >= 0.3 is 5.97 Å². The SMILES string of the molecule is CCOC(=O)C(C)C1CC2CC3(C[C@H]2C1)OCCO3. The van der Waals surface area contributed by atoms with Crippen LogP contribution in [0.25, 0.3) is 0 Å². The van der Waals surface area contributed by atoms with Crippen LogP contribution in [0.5, 0.6) is 0 Å². The molecule has 0 aromatic carbocycles. The fourth-order valence-electron chi connectivity index (χ4n) is 4.25. The van der Waals surface area contributed by atoms with Gasteiger partial charge in [-0.25, -0.2) is 0 Å². The van der Waals surface area contributed by atoms with Crippen LogP contribution in [0.4, 0.5) is 0 Å². The minimum atomic E-state index is -0.270. The zero-order chi connectivity index (χ0) is 13.5. The topological polar surface area (TPSA) is 44.8 Å². The molecule has 0 aromatic rings. The van der Waals surface area contributed by atoms with E-state index in [9.17, 15) is 4.79 Å². The molecule has 19 heavy (non-hydrogen) atoms. The highest BCUT2D eigenvalue weighted by Crippen LogP contribution is 2.55. The fourth-order valence-corrected chi connectivity index (χ4v) is 4.25. The molecule has 1 aliphatic heterocycles. The lowest BCUT2D eigenvalue weighted by atomic mass is 9.89. The molecule has 2 aliphatic carbocycles. The van der Waals surface area contributed by atoms with Gasteiger partial charge in [0.15, 0.2) is 5.79 Å². The predicted molar refractivity (Wildman–Crippen MR) is 69.4 cm³/mol. The standard InChI is InChI=1S/C15H24O4/c1-3-17-14(16)10(2)11-6-12-8-15(9-13(12)7-11)18-4-5-19-15/h10-13H,3-9H2,1-2H3/t10?,11?,12-,13?/m1/s1. The van der Waals surface area contributed by atoms with Crippen LogP contribution in [0.2, 0.25) is 0 Å². The number of ether oxygens (including phenoxy) is 3. The Bertz CT molecular complexity index is 332. The summed E-state index contributed by atoms with van der Waals surface area (Å²) in [7, 11) is 0. The zero-order valence-electron chi connectivity index (χ0n) is 11.9. The van der Waals surface area contributed by atoms with Gasteiger partial charge in [-0.2, -0.15) is 0 Å². The second-order valence-electron chi connectivity index (χ2n) is 6.31. The van der Waals surface area contributed by atoms with Crippen LogP contribution in [0, 0.1) is 23.7 Å². The molecule has 0 radical (unpaired) electrons. The summed E-state index contributed by atoms with van der Waals surface area (Å²) in [6, 6.07) is 0. The molecule has 1 saturated heterocycles. The lowest BCUT2D eigenvalue weighted by molar-refractivity contribution is -0.157. The van der Waals surface area contributed by atoms with Gasteiger partial charge in [0, 0.05) is 12.8 Å². The lowest BCUT2D eigenvalue weighted by Crippen LogP contribution is -2.28. The van der Waals surface area contributed by atoms with Gasteiger partial charge in [-0.3, -0.25) is 4.79 Å². The number of hydrogen-bond donors (Lipinski definition) is 0. The van der Waals surface area contributed by atoms with E-state index < -0.39 is 0 Å². The number of rotatable bonds is 3. The predicted octanol–water partition coefficient (Wildman–Crippen LogP) is 2.36. The van der Waals surface area contributed by atoms with Crippen LogP contribution in [-0.2, 0) is 19.0 Å². The molecule has 3 unspecified atom stereocenters. The number of esters is 1. The third-order valence-corrected chi connectivity index (χ3v) is 5.20. The average molecular weight is 268 g/mol. The summed E-state index contributed by atoms with van der Waals surface area (Å²) in [6.45, 7) is 5.84. The van der Waals surface area contributed by atoms with E-state index in [4.69, 9.17) is 14.2 Å². The van der Waals surface area contributed by atoms with E-state index in [1.54, 1.807) is 0 Å². The molecule has 3 rings (SSSR count). The van der Waals surface area contributed by atoms with E-state index in [0.29, 0.717) is 24.4 Å². The van der Waals surface area contributed by atoms with Crippen molar-refractivity contribution in [3.05, 3.63) is 0 Å². The monoisotopic (exact) mass is 268 g/mol. The summed E-state index contributed by atoms with van der Waals surface area (Å²) in [5, 5.41) is 0. The quantitative estimate of drug-likeness (QED) is 0.737. The largest absolute Gasteiger partial charge is 0.466 e. The minimum absolute atomic E-state index is 0.0319. The number of fused-ring (bicyclic) bond motifs is 1. The lowest BCUT2D eigenvalue weighted by Gasteiger charge is -2.25. The van der Waals surface area contributed by atoms with Crippen LogP contribution in [0.3, 0.4) is 0 Å². The van der Waals surface area contributed by atoms with Crippen LogP contribution in [-0.4, -0.2) is 31.6 Å². The van der Waals surface area contributed by atoms with Crippen molar-refractivity contribution in [2.45, 2.75) is 45.3 Å². The van der Waals surface area contributed by atoms with E-state index in [1.807, 2.05) is 13.8 Å².